The van der Waals surface area contributed by atoms with Gasteiger partial charge < -0.3 is 0 Å². The van der Waals surface area contributed by atoms with Crippen molar-refractivity contribution in [3.05, 3.63) is 6.92 Å². The van der Waals surface area contributed by atoms with Gasteiger partial charge in [-0.3, -0.25) is 9.69 Å². The summed E-state index contributed by atoms with van der Waals surface area (Å²) in [5, 5.41) is 0. The lowest BCUT2D eigenvalue weighted by Gasteiger charge is -2.30. The Hall–Kier alpha value is -0.370. The number of nitrogens with zero attached hydrogens (tertiary/aromatic N) is 1. The van der Waals surface area contributed by atoms with Crippen molar-refractivity contribution in [3.63, 3.8) is 0 Å². The molecule has 1 aliphatic heterocycles. The zero-order valence-corrected chi connectivity index (χ0v) is 6.47. The largest absolute Gasteiger partial charge is 0.298 e. The lowest BCUT2D eigenvalue weighted by atomic mass is 10.0. The molecule has 0 amide bonds. The Morgan fingerprint density at radius 2 is 2.50 bits per heavy atom. The zero-order valence-electron chi connectivity index (χ0n) is 6.47. The monoisotopic (exact) mass is 140 g/mol. The van der Waals surface area contributed by atoms with Crippen LogP contribution >= 0.6 is 0 Å². The van der Waals surface area contributed by atoms with Gasteiger partial charge in [-0.25, -0.2) is 0 Å². The van der Waals surface area contributed by atoms with Crippen LogP contribution in [-0.4, -0.2) is 30.3 Å². The van der Waals surface area contributed by atoms with Gasteiger partial charge in [-0.1, -0.05) is 6.92 Å². The Morgan fingerprint density at radius 1 is 1.80 bits per heavy atom. The Balaban J connectivity index is 2.43. The van der Waals surface area contributed by atoms with E-state index < -0.39 is 0 Å². The minimum absolute atomic E-state index is 0.368. The van der Waals surface area contributed by atoms with Crippen LogP contribution in [0, 0.1) is 6.92 Å². The minimum Gasteiger partial charge on any atom is -0.298 e. The molecule has 2 heteroatoms. The summed E-state index contributed by atoms with van der Waals surface area (Å²) in [7, 11) is 1.99. The van der Waals surface area contributed by atoms with Crippen LogP contribution in [0.3, 0.4) is 0 Å². The summed E-state index contributed by atoms with van der Waals surface area (Å²) in [6.45, 7) is 4.46. The molecule has 2 nitrogen and oxygen atoms in total. The van der Waals surface area contributed by atoms with Crippen molar-refractivity contribution in [2.75, 3.05) is 13.6 Å². The Morgan fingerprint density at radius 3 is 3.00 bits per heavy atom. The molecular formula is C8H14NO. The molecule has 1 fully saturated rings. The third-order valence-corrected chi connectivity index (χ3v) is 2.14. The molecule has 1 heterocycles. The number of rotatable bonds is 1. The van der Waals surface area contributed by atoms with E-state index >= 15 is 0 Å². The molecule has 0 aliphatic carbocycles. The molecule has 1 atom stereocenters. The molecule has 1 unspecified atom stereocenters. The molecule has 0 aromatic heterocycles. The lowest BCUT2D eigenvalue weighted by molar-refractivity contribution is -0.122. The fraction of sp³-hybridized carbons (Fsp3) is 0.750. The molecule has 0 bridgehead atoms. The van der Waals surface area contributed by atoms with Gasteiger partial charge in [0, 0.05) is 12.5 Å². The summed E-state index contributed by atoms with van der Waals surface area (Å²) in [6, 6.07) is 0.540. The van der Waals surface area contributed by atoms with Gasteiger partial charge in [0.25, 0.3) is 0 Å². The van der Waals surface area contributed by atoms with Crippen LogP contribution < -0.4 is 0 Å². The normalized spacial score (nSPS) is 29.0. The van der Waals surface area contributed by atoms with Crippen LogP contribution in [-0.2, 0) is 4.79 Å². The zero-order chi connectivity index (χ0) is 7.56. The van der Waals surface area contributed by atoms with Crippen molar-refractivity contribution < 1.29 is 4.79 Å². The van der Waals surface area contributed by atoms with Gasteiger partial charge in [0.05, 0.1) is 6.54 Å². The van der Waals surface area contributed by atoms with Crippen molar-refractivity contribution in [2.24, 2.45) is 0 Å². The standard InChI is InChI=1S/C8H14NO/c1-3-7-4-5-8(10)6-9(7)2/h7H,1,3-6H2,2H3. The molecule has 0 aromatic carbocycles. The number of likely N-dealkylation sites (N-methyl/N-ethyl adjacent to an activating group) is 1. The number of hydrogen-bond donors (Lipinski definition) is 0. The summed E-state index contributed by atoms with van der Waals surface area (Å²) in [5.74, 6) is 0.368. The van der Waals surface area contributed by atoms with Crippen molar-refractivity contribution in [1.82, 2.24) is 4.90 Å². The second-order valence-electron chi connectivity index (χ2n) is 2.93. The maximum atomic E-state index is 10.9. The van der Waals surface area contributed by atoms with Gasteiger partial charge in [0.2, 0.25) is 0 Å². The van der Waals surface area contributed by atoms with Gasteiger partial charge >= 0.3 is 0 Å². The van der Waals surface area contributed by atoms with Crippen molar-refractivity contribution in [3.8, 4) is 0 Å². The number of Topliss-reactive ketones (excluding diaryl/α,β-unsaturated/α-hetero) is 1. The van der Waals surface area contributed by atoms with Gasteiger partial charge in [-0.15, -0.1) is 0 Å². The molecule has 0 spiro atoms. The molecule has 57 valence electrons. The van der Waals surface area contributed by atoms with E-state index in [9.17, 15) is 4.79 Å². The number of likely N-dealkylation sites (tertiary alicyclic amines) is 1. The highest BCUT2D eigenvalue weighted by molar-refractivity contribution is 5.81. The van der Waals surface area contributed by atoms with Gasteiger partial charge in [-0.2, -0.15) is 0 Å². The van der Waals surface area contributed by atoms with Crippen LogP contribution in [0.5, 0.6) is 0 Å². The molecule has 10 heavy (non-hydrogen) atoms. The topological polar surface area (TPSA) is 20.3 Å². The highest BCUT2D eigenvalue weighted by atomic mass is 16.1. The summed E-state index contributed by atoms with van der Waals surface area (Å²) >= 11 is 0. The third-order valence-electron chi connectivity index (χ3n) is 2.14. The van der Waals surface area contributed by atoms with E-state index in [0.717, 1.165) is 19.3 Å². The number of hydrogen-bond acceptors (Lipinski definition) is 2. The fourth-order valence-electron chi connectivity index (χ4n) is 1.40. The molecule has 1 aliphatic rings. The molecule has 1 radical (unpaired) electrons. The summed E-state index contributed by atoms with van der Waals surface area (Å²) in [5.41, 5.74) is 0. The fourth-order valence-corrected chi connectivity index (χ4v) is 1.40. The second-order valence-corrected chi connectivity index (χ2v) is 2.93. The Kier molecular flexibility index (Phi) is 2.44. The van der Waals surface area contributed by atoms with Crippen LogP contribution in [0.25, 0.3) is 0 Å². The number of ketones is 1. The SMILES string of the molecule is [CH2]CC1CCC(=O)CN1C. The third kappa shape index (κ3) is 1.57. The first-order chi connectivity index (χ1) is 4.74. The molecule has 1 saturated heterocycles. The van der Waals surface area contributed by atoms with E-state index in [-0.39, 0.29) is 0 Å². The molecule has 1 rings (SSSR count). The maximum Gasteiger partial charge on any atom is 0.146 e. The van der Waals surface area contributed by atoms with E-state index in [2.05, 4.69) is 11.8 Å². The lowest BCUT2D eigenvalue weighted by Crippen LogP contribution is -2.40. The molecule has 0 N–H and O–H groups in total. The van der Waals surface area contributed by atoms with E-state index in [1.54, 1.807) is 0 Å². The highest BCUT2D eigenvalue weighted by Crippen LogP contribution is 2.14. The van der Waals surface area contributed by atoms with Crippen LogP contribution in [0.2, 0.25) is 0 Å². The average Bonchev–Trinajstić information content (AvgIpc) is 1.88. The molecular weight excluding hydrogens is 126 g/mol. The first-order valence-corrected chi connectivity index (χ1v) is 3.75. The second kappa shape index (κ2) is 3.15. The van der Waals surface area contributed by atoms with Crippen LogP contribution in [0.4, 0.5) is 0 Å². The number of carbonyl (C=O) groups is 1. The first kappa shape index (κ1) is 7.73. The highest BCUT2D eigenvalue weighted by Gasteiger charge is 2.21. The summed E-state index contributed by atoms with van der Waals surface area (Å²) in [4.78, 5) is 13.0. The Labute approximate surface area is 62.2 Å². The van der Waals surface area contributed by atoms with Crippen molar-refractivity contribution in [1.29, 1.82) is 0 Å². The predicted molar refractivity (Wildman–Crippen MR) is 40.6 cm³/mol. The summed E-state index contributed by atoms with van der Waals surface area (Å²) < 4.78 is 0. The first-order valence-electron chi connectivity index (χ1n) is 3.75. The van der Waals surface area contributed by atoms with E-state index in [4.69, 9.17) is 0 Å². The molecule has 0 aromatic rings. The van der Waals surface area contributed by atoms with Gasteiger partial charge in [-0.05, 0) is 19.9 Å². The van der Waals surface area contributed by atoms with Gasteiger partial charge in [0.15, 0.2) is 0 Å². The minimum atomic E-state index is 0.368. The predicted octanol–water partition coefficient (Wildman–Crippen LogP) is 0.874. The van der Waals surface area contributed by atoms with Crippen LogP contribution in [0.15, 0.2) is 0 Å². The van der Waals surface area contributed by atoms with Gasteiger partial charge in [0.1, 0.15) is 5.78 Å². The van der Waals surface area contributed by atoms with E-state index in [0.29, 0.717) is 18.4 Å². The number of piperidine rings is 1. The van der Waals surface area contributed by atoms with Crippen molar-refractivity contribution in [2.45, 2.75) is 25.3 Å². The Bertz CT molecular complexity index is 133. The van der Waals surface area contributed by atoms with E-state index in [1.165, 1.54) is 0 Å². The van der Waals surface area contributed by atoms with E-state index in [1.807, 2.05) is 7.05 Å². The quantitative estimate of drug-likeness (QED) is 0.538. The maximum absolute atomic E-state index is 10.9. The number of carbonyl (C=O) groups excluding carboxylic acids is 1. The molecule has 0 saturated carbocycles. The average molecular weight is 140 g/mol. The van der Waals surface area contributed by atoms with Crippen LogP contribution in [0.1, 0.15) is 19.3 Å². The summed E-state index contributed by atoms with van der Waals surface area (Å²) in [6.07, 6.45) is 2.67. The smallest absolute Gasteiger partial charge is 0.146 e. The van der Waals surface area contributed by atoms with Crippen molar-refractivity contribution >= 4 is 5.78 Å².